The Morgan fingerprint density at radius 1 is 0.486 bits per heavy atom. The van der Waals surface area contributed by atoms with Crippen LogP contribution in [0.2, 0.25) is 0 Å². The van der Waals surface area contributed by atoms with Gasteiger partial charge in [-0.1, -0.05) is 122 Å². The first kappa shape index (κ1) is 35.8. The molecule has 0 aliphatic rings. The van der Waals surface area contributed by atoms with Crippen molar-refractivity contribution in [2.75, 3.05) is 6.16 Å². The van der Waals surface area contributed by atoms with Gasteiger partial charge in [0, 0.05) is 29.4 Å². The third-order valence-corrected chi connectivity index (χ3v) is 8.25. The van der Waals surface area contributed by atoms with Crippen LogP contribution in [0.15, 0.2) is 0 Å². The lowest BCUT2D eigenvalue weighted by atomic mass is 10.0. The topological polar surface area (TPSA) is 78.9 Å². The molecule has 6 nitrogen and oxygen atoms in total. The summed E-state index contributed by atoms with van der Waals surface area (Å²) in [6.45, 7) is 6.08. The lowest BCUT2D eigenvalue weighted by molar-refractivity contribution is -0.201. The Bertz CT molecular complexity index is 552. The van der Waals surface area contributed by atoms with E-state index in [0.29, 0.717) is 0 Å². The first-order chi connectivity index (χ1) is 17.9. The van der Waals surface area contributed by atoms with Crippen LogP contribution in [-0.4, -0.2) is 36.2 Å². The van der Waals surface area contributed by atoms with Crippen molar-refractivity contribution in [2.24, 2.45) is 0 Å². The second kappa shape index (κ2) is 26.4. The predicted molar refractivity (Wildman–Crippen MR) is 155 cm³/mol. The van der Waals surface area contributed by atoms with Gasteiger partial charge in [-0.05, 0) is 12.8 Å². The Balaban J connectivity index is 3.63. The van der Waals surface area contributed by atoms with Crippen molar-refractivity contribution < 1.29 is 28.6 Å². The van der Waals surface area contributed by atoms with Crippen LogP contribution in [0.3, 0.4) is 0 Å². The molecule has 0 heterocycles. The molecule has 0 N–H and O–H groups in total. The van der Waals surface area contributed by atoms with Gasteiger partial charge in [0.15, 0.2) is 0 Å². The van der Waals surface area contributed by atoms with Crippen LogP contribution in [0, 0.1) is 0 Å². The fraction of sp³-hybridized carbons (Fsp3) is 0.900. The van der Waals surface area contributed by atoms with Crippen LogP contribution in [-0.2, 0) is 28.6 Å². The maximum absolute atomic E-state index is 11.5. The molecule has 0 bridgehead atoms. The average Bonchev–Trinajstić information content (AvgIpc) is 2.83. The van der Waals surface area contributed by atoms with Crippen molar-refractivity contribution in [3.63, 3.8) is 0 Å². The van der Waals surface area contributed by atoms with Crippen LogP contribution in [0.4, 0.5) is 0 Å². The fourth-order valence-corrected chi connectivity index (χ4v) is 6.09. The van der Waals surface area contributed by atoms with Gasteiger partial charge in [-0.3, -0.25) is 14.4 Å². The summed E-state index contributed by atoms with van der Waals surface area (Å²) >= 11 is 0. The molecular formula is C30H58O6P+. The normalized spacial score (nSPS) is 12.2. The number of carbonyl (C=O) groups is 3. The van der Waals surface area contributed by atoms with Gasteiger partial charge in [-0.15, -0.1) is 0 Å². The van der Waals surface area contributed by atoms with Gasteiger partial charge in [-0.25, -0.2) is 0 Å². The summed E-state index contributed by atoms with van der Waals surface area (Å²) in [6, 6.07) is 0. The maximum Gasteiger partial charge on any atom is 0.318 e. The third kappa shape index (κ3) is 26.2. The molecule has 0 rings (SSSR count). The number of hydrogen-bond donors (Lipinski definition) is 0. The first-order valence-corrected chi connectivity index (χ1v) is 16.7. The van der Waals surface area contributed by atoms with Crippen molar-refractivity contribution in [3.05, 3.63) is 0 Å². The lowest BCUT2D eigenvalue weighted by Crippen LogP contribution is -2.35. The number of rotatable bonds is 26. The predicted octanol–water partition coefficient (Wildman–Crippen LogP) is 8.56. The number of unbranched alkanes of at least 4 members (excludes halogenated alkanes) is 19. The molecular weight excluding hydrogens is 487 g/mol. The molecule has 0 saturated carbocycles. The minimum absolute atomic E-state index is 0.354. The highest BCUT2D eigenvalue weighted by Crippen LogP contribution is 2.28. The molecule has 0 aliphatic carbocycles. The van der Waals surface area contributed by atoms with Crippen molar-refractivity contribution in [1.29, 1.82) is 0 Å². The van der Waals surface area contributed by atoms with Gasteiger partial charge in [0.1, 0.15) is 0 Å². The largest absolute Gasteiger partial charge is 0.420 e. The zero-order chi connectivity index (χ0) is 27.6. The molecule has 0 saturated heterocycles. The molecule has 7 heteroatoms. The van der Waals surface area contributed by atoms with E-state index in [4.69, 9.17) is 14.2 Å². The van der Waals surface area contributed by atoms with E-state index in [9.17, 15) is 14.4 Å². The average molecular weight is 546 g/mol. The monoisotopic (exact) mass is 545 g/mol. The summed E-state index contributed by atoms with van der Waals surface area (Å²) < 4.78 is 15.5. The standard InChI is InChI=1S/C30H57O6P/c1-5-6-7-8-9-10-11-12-13-14-15-16-17-18-19-20-21-22-23-24-25-37-30(36-28(4)33)29(34-26(2)31)35-27(3)32/h29-30,37H,5-25H2,1-4H3/p+1. The Hall–Kier alpha value is -1.16. The van der Waals surface area contributed by atoms with E-state index in [2.05, 4.69) is 6.92 Å². The Morgan fingerprint density at radius 2 is 0.784 bits per heavy atom. The molecule has 0 fully saturated rings. The molecule has 218 valence electrons. The third-order valence-electron chi connectivity index (χ3n) is 6.59. The van der Waals surface area contributed by atoms with Gasteiger partial charge in [-0.2, -0.15) is 0 Å². The Kier molecular flexibility index (Phi) is 25.6. The number of hydrogen-bond acceptors (Lipinski definition) is 6. The van der Waals surface area contributed by atoms with Crippen LogP contribution >= 0.6 is 8.58 Å². The summed E-state index contributed by atoms with van der Waals surface area (Å²) in [4.78, 5) is 34.1. The molecule has 0 spiro atoms. The minimum atomic E-state index is -1.15. The van der Waals surface area contributed by atoms with E-state index >= 15 is 0 Å². The molecule has 2 unspecified atom stereocenters. The molecule has 0 aromatic heterocycles. The molecule has 37 heavy (non-hydrogen) atoms. The zero-order valence-electron chi connectivity index (χ0n) is 24.5. The van der Waals surface area contributed by atoms with E-state index in [1.807, 2.05) is 0 Å². The first-order valence-electron chi connectivity index (χ1n) is 15.2. The van der Waals surface area contributed by atoms with Crippen LogP contribution in [0.1, 0.15) is 156 Å². The summed E-state index contributed by atoms with van der Waals surface area (Å²) in [7, 11) is -0.354. The summed E-state index contributed by atoms with van der Waals surface area (Å²) in [6.07, 6.45) is 26.8. The molecule has 0 radical (unpaired) electrons. The van der Waals surface area contributed by atoms with E-state index < -0.39 is 30.0 Å². The van der Waals surface area contributed by atoms with Gasteiger partial charge < -0.3 is 14.2 Å². The highest BCUT2D eigenvalue weighted by molar-refractivity contribution is 7.38. The van der Waals surface area contributed by atoms with E-state index in [1.165, 1.54) is 136 Å². The molecule has 0 aromatic rings. The fourth-order valence-electron chi connectivity index (χ4n) is 4.57. The Labute approximate surface area is 229 Å². The van der Waals surface area contributed by atoms with Crippen molar-refractivity contribution >= 4 is 26.5 Å². The van der Waals surface area contributed by atoms with Crippen LogP contribution in [0.5, 0.6) is 0 Å². The van der Waals surface area contributed by atoms with Gasteiger partial charge in [0.25, 0.3) is 5.85 Å². The summed E-state index contributed by atoms with van der Waals surface area (Å²) in [5.41, 5.74) is 0. The van der Waals surface area contributed by atoms with Gasteiger partial charge in [0.05, 0.1) is 6.16 Å². The van der Waals surface area contributed by atoms with E-state index in [0.717, 1.165) is 19.0 Å². The summed E-state index contributed by atoms with van der Waals surface area (Å²) in [5, 5.41) is 0. The number of esters is 3. The number of ether oxygens (including phenoxy) is 3. The SMILES string of the molecule is CCCCCCCCCCCCCCCCCCCCCC[PH2+]C(OC(C)=O)C(OC(C)=O)OC(C)=O. The maximum atomic E-state index is 11.5. The van der Waals surface area contributed by atoms with Crippen molar-refractivity contribution in [1.82, 2.24) is 0 Å². The quantitative estimate of drug-likeness (QED) is 0.0469. The molecule has 0 amide bonds. The van der Waals surface area contributed by atoms with Crippen molar-refractivity contribution in [3.8, 4) is 0 Å². The Morgan fingerprint density at radius 3 is 1.08 bits per heavy atom. The summed E-state index contributed by atoms with van der Waals surface area (Å²) in [5.74, 6) is -2.29. The molecule has 0 aliphatic heterocycles. The molecule has 0 aromatic carbocycles. The van der Waals surface area contributed by atoms with Gasteiger partial charge in [0.2, 0.25) is 0 Å². The highest BCUT2D eigenvalue weighted by Gasteiger charge is 2.34. The van der Waals surface area contributed by atoms with Gasteiger partial charge >= 0.3 is 24.2 Å². The minimum Gasteiger partial charge on any atom is -0.420 e. The lowest BCUT2D eigenvalue weighted by Gasteiger charge is -2.21. The zero-order valence-corrected chi connectivity index (χ0v) is 25.7. The van der Waals surface area contributed by atoms with Crippen LogP contribution in [0.25, 0.3) is 0 Å². The second-order valence-corrected chi connectivity index (χ2v) is 12.1. The highest BCUT2D eigenvalue weighted by atomic mass is 31.1. The second-order valence-electron chi connectivity index (χ2n) is 10.4. The number of carbonyl (C=O) groups excluding carboxylic acids is 3. The van der Waals surface area contributed by atoms with Crippen LogP contribution < -0.4 is 0 Å². The smallest absolute Gasteiger partial charge is 0.318 e. The van der Waals surface area contributed by atoms with Crippen molar-refractivity contribution in [2.45, 2.75) is 168 Å². The molecule has 2 atom stereocenters. The van der Waals surface area contributed by atoms with E-state index in [1.54, 1.807) is 0 Å². The van der Waals surface area contributed by atoms with E-state index in [-0.39, 0.29) is 8.58 Å².